The summed E-state index contributed by atoms with van der Waals surface area (Å²) in [4.78, 5) is 1.69. The molecule has 0 aliphatic carbocycles. The van der Waals surface area contributed by atoms with Crippen molar-refractivity contribution in [3.63, 3.8) is 0 Å². The fourth-order valence-corrected chi connectivity index (χ4v) is 3.15. The molecule has 0 aromatic heterocycles. The Morgan fingerprint density at radius 3 is 2.19 bits per heavy atom. The van der Waals surface area contributed by atoms with Crippen molar-refractivity contribution in [3.05, 3.63) is 65.2 Å². The molecule has 26 heavy (non-hydrogen) atoms. The van der Waals surface area contributed by atoms with Crippen molar-refractivity contribution in [1.29, 1.82) is 0 Å². The standard InChI is InChI=1S/C23H30OS2/c1-16(2)13-14-24-20-12-11-18(23(3,4)5)15-19(20)22(26)21(25)17-9-7-6-8-10-17/h6-12,15-16,25-26H,13-14H2,1-5H3. The van der Waals surface area contributed by atoms with E-state index in [1.165, 1.54) is 5.56 Å². The molecule has 0 atom stereocenters. The Morgan fingerprint density at radius 2 is 1.62 bits per heavy atom. The summed E-state index contributed by atoms with van der Waals surface area (Å²) in [5.41, 5.74) is 3.36. The monoisotopic (exact) mass is 386 g/mol. The molecule has 0 radical (unpaired) electrons. The Labute approximate surface area is 169 Å². The van der Waals surface area contributed by atoms with Gasteiger partial charge in [-0.2, -0.15) is 0 Å². The molecule has 2 aromatic rings. The molecule has 2 rings (SSSR count). The molecule has 0 unspecified atom stereocenters. The molecule has 0 saturated carbocycles. The van der Waals surface area contributed by atoms with Crippen LogP contribution in [0.1, 0.15) is 57.7 Å². The molecule has 0 saturated heterocycles. The molecule has 0 amide bonds. The van der Waals surface area contributed by atoms with Gasteiger partial charge in [-0.05, 0) is 41.0 Å². The van der Waals surface area contributed by atoms with Crippen LogP contribution in [-0.2, 0) is 5.41 Å². The normalized spacial score (nSPS) is 12.9. The second kappa shape index (κ2) is 9.05. The summed E-state index contributed by atoms with van der Waals surface area (Å²) in [5, 5.41) is 0. The van der Waals surface area contributed by atoms with E-state index in [1.807, 2.05) is 30.3 Å². The van der Waals surface area contributed by atoms with Crippen LogP contribution in [-0.4, -0.2) is 6.61 Å². The van der Waals surface area contributed by atoms with Crippen molar-refractivity contribution in [2.24, 2.45) is 5.92 Å². The smallest absolute Gasteiger partial charge is 0.127 e. The summed E-state index contributed by atoms with van der Waals surface area (Å²) < 4.78 is 6.11. The van der Waals surface area contributed by atoms with Crippen LogP contribution in [0.5, 0.6) is 5.75 Å². The summed E-state index contributed by atoms with van der Waals surface area (Å²) in [6.45, 7) is 11.8. The number of hydrogen-bond donors (Lipinski definition) is 2. The van der Waals surface area contributed by atoms with Gasteiger partial charge < -0.3 is 4.74 Å². The van der Waals surface area contributed by atoms with E-state index in [9.17, 15) is 0 Å². The van der Waals surface area contributed by atoms with Gasteiger partial charge in [0.05, 0.1) is 6.61 Å². The predicted molar refractivity (Wildman–Crippen MR) is 121 cm³/mol. The van der Waals surface area contributed by atoms with E-state index in [1.54, 1.807) is 0 Å². The highest BCUT2D eigenvalue weighted by Crippen LogP contribution is 2.39. The Balaban J connectivity index is 2.48. The zero-order chi connectivity index (χ0) is 19.3. The molecule has 0 bridgehead atoms. The molecule has 3 heteroatoms. The Kier molecular flexibility index (Phi) is 7.31. The van der Waals surface area contributed by atoms with Crippen LogP contribution in [0.15, 0.2) is 48.5 Å². The zero-order valence-corrected chi connectivity index (χ0v) is 18.2. The minimum Gasteiger partial charge on any atom is -0.493 e. The van der Waals surface area contributed by atoms with Crippen molar-refractivity contribution in [2.45, 2.75) is 46.5 Å². The highest BCUT2D eigenvalue weighted by atomic mass is 32.1. The molecule has 0 aliphatic rings. The lowest BCUT2D eigenvalue weighted by Gasteiger charge is -2.22. The molecule has 1 nitrogen and oxygen atoms in total. The molecule has 0 N–H and O–H groups in total. The first kappa shape index (κ1) is 21.0. The van der Waals surface area contributed by atoms with Gasteiger partial charge in [0.15, 0.2) is 0 Å². The van der Waals surface area contributed by atoms with Gasteiger partial charge in [0.1, 0.15) is 5.75 Å². The van der Waals surface area contributed by atoms with Crippen LogP contribution in [0, 0.1) is 5.92 Å². The van der Waals surface area contributed by atoms with E-state index in [0.29, 0.717) is 12.5 Å². The summed E-state index contributed by atoms with van der Waals surface area (Å²) in [6, 6.07) is 16.5. The fourth-order valence-electron chi connectivity index (χ4n) is 2.57. The van der Waals surface area contributed by atoms with Gasteiger partial charge in [-0.15, -0.1) is 25.3 Å². The number of rotatable bonds is 6. The minimum absolute atomic E-state index is 0.0583. The van der Waals surface area contributed by atoms with Crippen LogP contribution >= 0.6 is 25.3 Å². The van der Waals surface area contributed by atoms with Crippen molar-refractivity contribution < 1.29 is 4.74 Å². The third kappa shape index (κ3) is 5.59. The molecule has 2 aromatic carbocycles. The maximum Gasteiger partial charge on any atom is 0.127 e. The molecule has 0 spiro atoms. The summed E-state index contributed by atoms with van der Waals surface area (Å²) in [6.07, 6.45) is 1.03. The SMILES string of the molecule is CC(C)CCOc1ccc(C(C)(C)C)cc1C(S)=C(S)c1ccccc1. The average Bonchev–Trinajstić information content (AvgIpc) is 2.60. The molecular weight excluding hydrogens is 356 g/mol. The molecule has 0 fully saturated rings. The van der Waals surface area contributed by atoms with Gasteiger partial charge in [-0.25, -0.2) is 0 Å². The lowest BCUT2D eigenvalue weighted by Crippen LogP contribution is -2.12. The highest BCUT2D eigenvalue weighted by Gasteiger charge is 2.18. The van der Waals surface area contributed by atoms with Gasteiger partial charge in [0.2, 0.25) is 0 Å². The van der Waals surface area contributed by atoms with Crippen LogP contribution in [0.4, 0.5) is 0 Å². The van der Waals surface area contributed by atoms with Crippen molar-refractivity contribution >= 4 is 35.1 Å². The number of thiol groups is 2. The van der Waals surface area contributed by atoms with Crippen LogP contribution in [0.25, 0.3) is 9.81 Å². The van der Waals surface area contributed by atoms with Gasteiger partial charge in [-0.3, -0.25) is 0 Å². The van der Waals surface area contributed by atoms with Crippen molar-refractivity contribution in [1.82, 2.24) is 0 Å². The Bertz CT molecular complexity index is 756. The third-order valence-corrected chi connectivity index (χ3v) is 5.45. The van der Waals surface area contributed by atoms with E-state index in [4.69, 9.17) is 30.0 Å². The highest BCUT2D eigenvalue weighted by molar-refractivity contribution is 7.96. The predicted octanol–water partition coefficient (Wildman–Crippen LogP) is 7.09. The van der Waals surface area contributed by atoms with Crippen LogP contribution < -0.4 is 4.74 Å². The Hall–Kier alpha value is -1.32. The molecular formula is C23H30OS2. The molecule has 140 valence electrons. The van der Waals surface area contributed by atoms with Crippen molar-refractivity contribution in [2.75, 3.05) is 6.61 Å². The maximum atomic E-state index is 6.11. The van der Waals surface area contributed by atoms with Gasteiger partial charge in [-0.1, -0.05) is 71.0 Å². The summed E-state index contributed by atoms with van der Waals surface area (Å²) in [7, 11) is 0. The van der Waals surface area contributed by atoms with Crippen LogP contribution in [0.2, 0.25) is 0 Å². The van der Waals surface area contributed by atoms with Crippen molar-refractivity contribution in [3.8, 4) is 5.75 Å². The lowest BCUT2D eigenvalue weighted by atomic mass is 9.86. The second-order valence-electron chi connectivity index (χ2n) is 8.06. The van der Waals surface area contributed by atoms with E-state index in [2.05, 4.69) is 52.8 Å². The minimum atomic E-state index is 0.0583. The van der Waals surface area contributed by atoms with Gasteiger partial charge in [0, 0.05) is 15.4 Å². The average molecular weight is 387 g/mol. The van der Waals surface area contributed by atoms with Crippen LogP contribution in [0.3, 0.4) is 0 Å². The number of benzene rings is 2. The lowest BCUT2D eigenvalue weighted by molar-refractivity contribution is 0.289. The van der Waals surface area contributed by atoms with E-state index < -0.39 is 0 Å². The quantitative estimate of drug-likeness (QED) is 0.398. The first-order valence-electron chi connectivity index (χ1n) is 9.15. The largest absolute Gasteiger partial charge is 0.493 e. The van der Waals surface area contributed by atoms with E-state index >= 15 is 0 Å². The molecule has 0 heterocycles. The fraction of sp³-hybridized carbons (Fsp3) is 0.391. The topological polar surface area (TPSA) is 9.23 Å². The van der Waals surface area contributed by atoms with Gasteiger partial charge >= 0.3 is 0 Å². The number of hydrogen-bond acceptors (Lipinski definition) is 3. The Morgan fingerprint density at radius 1 is 0.962 bits per heavy atom. The van der Waals surface area contributed by atoms with E-state index in [0.717, 1.165) is 33.1 Å². The third-order valence-electron chi connectivity index (χ3n) is 4.33. The van der Waals surface area contributed by atoms with Gasteiger partial charge in [0.25, 0.3) is 0 Å². The summed E-state index contributed by atoms with van der Waals surface area (Å²) in [5.74, 6) is 1.48. The first-order chi connectivity index (χ1) is 12.2. The summed E-state index contributed by atoms with van der Waals surface area (Å²) >= 11 is 9.58. The maximum absolute atomic E-state index is 6.11. The number of ether oxygens (including phenoxy) is 1. The first-order valence-corrected chi connectivity index (χ1v) is 10.0. The molecule has 0 aliphatic heterocycles. The second-order valence-corrected chi connectivity index (χ2v) is 8.95. The zero-order valence-electron chi connectivity index (χ0n) is 16.4. The van der Waals surface area contributed by atoms with E-state index in [-0.39, 0.29) is 5.41 Å².